The average Bonchev–Trinajstić information content (AvgIpc) is 2.64. The van der Waals surface area contributed by atoms with E-state index in [0.717, 1.165) is 12.1 Å². The van der Waals surface area contributed by atoms with Gasteiger partial charge in [-0.05, 0) is 42.3 Å². The minimum Gasteiger partial charge on any atom is -0.496 e. The highest BCUT2D eigenvalue weighted by atomic mass is 32.2. The van der Waals surface area contributed by atoms with Crippen molar-refractivity contribution >= 4 is 16.0 Å². The first-order valence-corrected chi connectivity index (χ1v) is 9.40. The minimum atomic E-state index is -4.67. The van der Waals surface area contributed by atoms with Crippen LogP contribution in [0, 0.1) is 6.92 Å². The van der Waals surface area contributed by atoms with E-state index in [2.05, 4.69) is 9.46 Å². The lowest BCUT2D eigenvalue weighted by atomic mass is 10.1. The highest BCUT2D eigenvalue weighted by Crippen LogP contribution is 2.33. The van der Waals surface area contributed by atoms with Gasteiger partial charge in [0.05, 0.1) is 24.7 Å². The number of nitrogens with one attached hydrogen (secondary N) is 1. The molecule has 0 aliphatic rings. The van der Waals surface area contributed by atoms with Crippen LogP contribution in [-0.2, 0) is 27.5 Å². The maximum absolute atomic E-state index is 13.0. The summed E-state index contributed by atoms with van der Waals surface area (Å²) in [6.45, 7) is 1.00. The first-order chi connectivity index (χ1) is 13.0. The van der Waals surface area contributed by atoms with Crippen molar-refractivity contribution < 1.29 is 35.9 Å². The van der Waals surface area contributed by atoms with Crippen molar-refractivity contribution in [1.82, 2.24) is 4.72 Å². The van der Waals surface area contributed by atoms with E-state index in [4.69, 9.17) is 4.74 Å². The number of benzene rings is 2. The molecule has 152 valence electrons. The number of carbonyl (C=O) groups excluding carboxylic acids is 1. The molecule has 0 aromatic heterocycles. The SMILES string of the molecule is COC(=O)c1cc(CNS(=O)(=O)c2ccc(C)c(C(F)(F)F)c2)ccc1OC. The maximum Gasteiger partial charge on any atom is 0.416 e. The van der Waals surface area contributed by atoms with Crippen molar-refractivity contribution in [1.29, 1.82) is 0 Å². The highest BCUT2D eigenvalue weighted by Gasteiger charge is 2.33. The Hall–Kier alpha value is -2.59. The van der Waals surface area contributed by atoms with Crippen molar-refractivity contribution in [3.8, 4) is 5.75 Å². The number of hydrogen-bond acceptors (Lipinski definition) is 5. The fourth-order valence-corrected chi connectivity index (χ4v) is 3.51. The molecule has 0 aliphatic carbocycles. The maximum atomic E-state index is 13.0. The zero-order chi connectivity index (χ0) is 21.1. The summed E-state index contributed by atoms with van der Waals surface area (Å²) in [6.07, 6.45) is -4.67. The Balaban J connectivity index is 2.28. The molecule has 2 rings (SSSR count). The summed E-state index contributed by atoms with van der Waals surface area (Å²) in [5.41, 5.74) is -0.610. The van der Waals surface area contributed by atoms with Gasteiger partial charge in [0.2, 0.25) is 10.0 Å². The van der Waals surface area contributed by atoms with Gasteiger partial charge in [0, 0.05) is 6.54 Å². The van der Waals surface area contributed by atoms with Crippen LogP contribution in [-0.4, -0.2) is 28.6 Å². The van der Waals surface area contributed by atoms with E-state index < -0.39 is 32.6 Å². The fraction of sp³-hybridized carbons (Fsp3) is 0.278. The predicted molar refractivity (Wildman–Crippen MR) is 94.5 cm³/mol. The van der Waals surface area contributed by atoms with E-state index in [0.29, 0.717) is 11.6 Å². The topological polar surface area (TPSA) is 81.7 Å². The Morgan fingerprint density at radius 1 is 1.11 bits per heavy atom. The largest absolute Gasteiger partial charge is 0.496 e. The summed E-state index contributed by atoms with van der Waals surface area (Å²) in [6, 6.07) is 7.14. The fourth-order valence-electron chi connectivity index (χ4n) is 2.47. The smallest absolute Gasteiger partial charge is 0.416 e. The van der Waals surface area contributed by atoms with E-state index >= 15 is 0 Å². The quantitative estimate of drug-likeness (QED) is 0.730. The molecule has 0 heterocycles. The highest BCUT2D eigenvalue weighted by molar-refractivity contribution is 7.89. The molecule has 0 saturated heterocycles. The molecule has 0 amide bonds. The Labute approximate surface area is 160 Å². The average molecular weight is 417 g/mol. The molecular formula is C18H18F3NO5S. The number of sulfonamides is 1. The third-order valence-corrected chi connectivity index (χ3v) is 5.36. The summed E-state index contributed by atoms with van der Waals surface area (Å²) in [4.78, 5) is 11.3. The van der Waals surface area contributed by atoms with Gasteiger partial charge in [-0.15, -0.1) is 0 Å². The van der Waals surface area contributed by atoms with Crippen molar-refractivity contribution in [3.63, 3.8) is 0 Å². The summed E-state index contributed by atoms with van der Waals surface area (Å²) in [5.74, 6) is -0.429. The van der Waals surface area contributed by atoms with Crippen LogP contribution >= 0.6 is 0 Å². The molecular weight excluding hydrogens is 399 g/mol. The number of halogens is 3. The molecule has 0 atom stereocenters. The first kappa shape index (κ1) is 21.7. The third-order valence-electron chi connectivity index (χ3n) is 3.96. The van der Waals surface area contributed by atoms with Crippen LogP contribution in [0.25, 0.3) is 0 Å². The summed E-state index contributed by atoms with van der Waals surface area (Å²) in [7, 11) is -1.66. The van der Waals surface area contributed by atoms with Gasteiger partial charge in [0.1, 0.15) is 11.3 Å². The Morgan fingerprint density at radius 3 is 2.36 bits per heavy atom. The Morgan fingerprint density at radius 2 is 1.79 bits per heavy atom. The second kappa shape index (κ2) is 8.19. The van der Waals surface area contributed by atoms with Gasteiger partial charge < -0.3 is 9.47 Å². The lowest BCUT2D eigenvalue weighted by molar-refractivity contribution is -0.138. The van der Waals surface area contributed by atoms with Crippen molar-refractivity contribution in [2.24, 2.45) is 0 Å². The zero-order valence-corrected chi connectivity index (χ0v) is 16.1. The molecule has 1 N–H and O–H groups in total. The van der Waals surface area contributed by atoms with E-state index in [9.17, 15) is 26.4 Å². The van der Waals surface area contributed by atoms with Gasteiger partial charge >= 0.3 is 12.1 Å². The molecule has 0 spiro atoms. The van der Waals surface area contributed by atoms with Crippen LogP contribution < -0.4 is 9.46 Å². The number of esters is 1. The minimum absolute atomic E-state index is 0.0793. The van der Waals surface area contributed by atoms with Gasteiger partial charge in [0.25, 0.3) is 0 Å². The number of aryl methyl sites for hydroxylation is 1. The number of ether oxygens (including phenoxy) is 2. The predicted octanol–water partition coefficient (Wildman–Crippen LogP) is 3.29. The van der Waals surface area contributed by atoms with Crippen LogP contribution in [0.2, 0.25) is 0 Å². The van der Waals surface area contributed by atoms with Crippen molar-refractivity contribution in [2.45, 2.75) is 24.5 Å². The zero-order valence-electron chi connectivity index (χ0n) is 15.3. The van der Waals surface area contributed by atoms with Gasteiger partial charge in [-0.2, -0.15) is 13.2 Å². The molecule has 28 heavy (non-hydrogen) atoms. The third kappa shape index (κ3) is 4.82. The van der Waals surface area contributed by atoms with E-state index in [-0.39, 0.29) is 23.4 Å². The molecule has 2 aromatic rings. The number of hydrogen-bond donors (Lipinski definition) is 1. The Bertz CT molecular complexity index is 987. The van der Waals surface area contributed by atoms with E-state index in [1.807, 2.05) is 0 Å². The van der Waals surface area contributed by atoms with Gasteiger partial charge in [-0.25, -0.2) is 17.9 Å². The van der Waals surface area contributed by atoms with Crippen LogP contribution in [0.4, 0.5) is 13.2 Å². The summed E-state index contributed by atoms with van der Waals surface area (Å²) < 4.78 is 75.8. The number of alkyl halides is 3. The standard InChI is InChI=1S/C18H18F3NO5S/c1-11-4-6-13(9-15(11)18(19,20)21)28(24,25)22-10-12-5-7-16(26-2)14(8-12)17(23)27-3/h4-9,22H,10H2,1-3H3. The second-order valence-corrected chi connectivity index (χ2v) is 7.59. The monoisotopic (exact) mass is 417 g/mol. The van der Waals surface area contributed by atoms with Crippen LogP contribution in [0.15, 0.2) is 41.3 Å². The van der Waals surface area contributed by atoms with E-state index in [1.54, 1.807) is 0 Å². The summed E-state index contributed by atoms with van der Waals surface area (Å²) >= 11 is 0. The van der Waals surface area contributed by atoms with Crippen LogP contribution in [0.3, 0.4) is 0 Å². The van der Waals surface area contributed by atoms with Crippen molar-refractivity contribution in [2.75, 3.05) is 14.2 Å². The molecule has 0 fully saturated rings. The number of rotatable bonds is 6. The molecule has 0 radical (unpaired) electrons. The van der Waals surface area contributed by atoms with Crippen molar-refractivity contribution in [3.05, 3.63) is 58.7 Å². The lowest BCUT2D eigenvalue weighted by Crippen LogP contribution is -2.24. The van der Waals surface area contributed by atoms with Crippen LogP contribution in [0.1, 0.15) is 27.0 Å². The molecule has 0 bridgehead atoms. The van der Waals surface area contributed by atoms with Crippen LogP contribution in [0.5, 0.6) is 5.75 Å². The van der Waals surface area contributed by atoms with Gasteiger partial charge in [-0.1, -0.05) is 12.1 Å². The molecule has 6 nitrogen and oxygen atoms in total. The Kier molecular flexibility index (Phi) is 6.35. The van der Waals surface area contributed by atoms with Gasteiger partial charge in [-0.3, -0.25) is 0 Å². The second-order valence-electron chi connectivity index (χ2n) is 5.83. The molecule has 0 saturated carbocycles. The van der Waals surface area contributed by atoms with Gasteiger partial charge in [0.15, 0.2) is 0 Å². The summed E-state index contributed by atoms with van der Waals surface area (Å²) in [5, 5.41) is 0. The first-order valence-electron chi connectivity index (χ1n) is 7.92. The molecule has 0 unspecified atom stereocenters. The normalized spacial score (nSPS) is 11.9. The molecule has 0 aliphatic heterocycles. The lowest BCUT2D eigenvalue weighted by Gasteiger charge is -2.13. The molecule has 2 aromatic carbocycles. The van der Waals surface area contributed by atoms with E-state index in [1.165, 1.54) is 39.3 Å². The molecule has 10 heteroatoms. The number of carbonyl (C=O) groups is 1. The number of methoxy groups -OCH3 is 2.